The molecule has 0 amide bonds. The molecule has 0 saturated heterocycles. The van der Waals surface area contributed by atoms with Crippen LogP contribution in [0.5, 0.6) is 0 Å². The molecule has 1 atom stereocenters. The molecule has 2 N–H and O–H groups in total. The van der Waals surface area contributed by atoms with Crippen molar-refractivity contribution < 1.29 is 4.42 Å². The fraction of sp³-hybridized carbons (Fsp3) is 0.333. The molecule has 1 aromatic heterocycles. The van der Waals surface area contributed by atoms with Gasteiger partial charge in [0.25, 0.3) is 0 Å². The Morgan fingerprint density at radius 3 is 2.53 bits per heavy atom. The molecule has 0 bridgehead atoms. The van der Waals surface area contributed by atoms with Gasteiger partial charge in [-0.2, -0.15) is 0 Å². The molecule has 1 heterocycles. The number of aryl methyl sites for hydroxylation is 2. The quantitative estimate of drug-likeness (QED) is 0.800. The summed E-state index contributed by atoms with van der Waals surface area (Å²) in [6.07, 6.45) is 0. The Morgan fingerprint density at radius 1 is 1.33 bits per heavy atom. The fourth-order valence-electron chi connectivity index (χ4n) is 1.97. The first kappa shape index (κ1) is 10.5. The maximum absolute atomic E-state index is 6.08. The van der Waals surface area contributed by atoms with Crippen LogP contribution in [0, 0.1) is 13.8 Å². The minimum Gasteiger partial charge on any atom is -0.458 e. The van der Waals surface area contributed by atoms with Gasteiger partial charge in [-0.15, -0.1) is 0 Å². The van der Waals surface area contributed by atoms with Gasteiger partial charge in [0, 0.05) is 10.9 Å². The predicted octanol–water partition coefficient (Wildman–Crippen LogP) is 3.72. The predicted molar refractivity (Wildman–Crippen MR) is 63.3 cm³/mol. The number of hydrogen-bond donors (Lipinski definition) is 1. The summed E-state index contributed by atoms with van der Waals surface area (Å²) in [6, 6.07) is 3.75. The number of fused-ring (bicyclic) bond motifs is 1. The largest absolute Gasteiger partial charge is 0.458 e. The molecule has 3 heteroatoms. The van der Waals surface area contributed by atoms with Crippen molar-refractivity contribution in [3.05, 3.63) is 34.0 Å². The lowest BCUT2D eigenvalue weighted by Crippen LogP contribution is -2.04. The molecule has 2 rings (SSSR count). The molecule has 0 fully saturated rings. The van der Waals surface area contributed by atoms with Crippen molar-refractivity contribution in [3.8, 4) is 0 Å². The Balaban J connectivity index is 2.87. The summed E-state index contributed by atoms with van der Waals surface area (Å²) in [5, 5.41) is 1.74. The van der Waals surface area contributed by atoms with Crippen LogP contribution in [0.4, 0.5) is 0 Å². The lowest BCUT2D eigenvalue weighted by molar-refractivity contribution is 0.509. The highest BCUT2D eigenvalue weighted by Gasteiger charge is 2.16. The van der Waals surface area contributed by atoms with Crippen LogP contribution in [0.25, 0.3) is 11.0 Å². The Hall–Kier alpha value is -0.990. The number of hydrogen-bond acceptors (Lipinski definition) is 2. The summed E-state index contributed by atoms with van der Waals surface area (Å²) in [4.78, 5) is 0. The minimum absolute atomic E-state index is 0.104. The monoisotopic (exact) mass is 223 g/mol. The number of furan rings is 1. The zero-order chi connectivity index (χ0) is 11.2. The van der Waals surface area contributed by atoms with Crippen LogP contribution in [0.15, 0.2) is 16.5 Å². The molecule has 0 saturated carbocycles. The lowest BCUT2D eigenvalue weighted by atomic mass is 10.1. The maximum atomic E-state index is 6.08. The Morgan fingerprint density at radius 2 is 2.00 bits per heavy atom. The molecule has 0 spiro atoms. The summed E-state index contributed by atoms with van der Waals surface area (Å²) >= 11 is 6.08. The number of rotatable bonds is 1. The SMILES string of the molecule is Cc1ccc(Cl)c2oc(C(C)N)c(C)c12. The van der Waals surface area contributed by atoms with Crippen molar-refractivity contribution in [1.82, 2.24) is 0 Å². The van der Waals surface area contributed by atoms with E-state index >= 15 is 0 Å². The van der Waals surface area contributed by atoms with Crippen LogP contribution < -0.4 is 5.73 Å². The summed E-state index contributed by atoms with van der Waals surface area (Å²) in [5.74, 6) is 0.821. The van der Waals surface area contributed by atoms with Gasteiger partial charge >= 0.3 is 0 Å². The second-order valence-corrected chi connectivity index (χ2v) is 4.36. The van der Waals surface area contributed by atoms with E-state index in [0.29, 0.717) is 5.02 Å². The van der Waals surface area contributed by atoms with E-state index in [4.69, 9.17) is 21.8 Å². The van der Waals surface area contributed by atoms with Crippen molar-refractivity contribution in [2.75, 3.05) is 0 Å². The average Bonchev–Trinajstić information content (AvgIpc) is 2.51. The van der Waals surface area contributed by atoms with Gasteiger partial charge in [-0.05, 0) is 32.4 Å². The van der Waals surface area contributed by atoms with Crippen molar-refractivity contribution in [2.45, 2.75) is 26.8 Å². The first-order valence-electron chi connectivity index (χ1n) is 4.96. The average molecular weight is 224 g/mol. The van der Waals surface area contributed by atoms with Gasteiger partial charge in [0.05, 0.1) is 11.1 Å². The van der Waals surface area contributed by atoms with E-state index in [9.17, 15) is 0 Å². The topological polar surface area (TPSA) is 39.2 Å². The molecular formula is C12H14ClNO. The molecule has 0 radical (unpaired) electrons. The number of benzene rings is 1. The third-order valence-electron chi connectivity index (χ3n) is 2.69. The molecule has 2 nitrogen and oxygen atoms in total. The molecule has 1 unspecified atom stereocenters. The van der Waals surface area contributed by atoms with E-state index in [1.54, 1.807) is 0 Å². The highest BCUT2D eigenvalue weighted by atomic mass is 35.5. The Labute approximate surface area is 94.0 Å². The van der Waals surface area contributed by atoms with E-state index in [0.717, 1.165) is 22.3 Å². The van der Waals surface area contributed by atoms with Crippen LogP contribution in [0.3, 0.4) is 0 Å². The van der Waals surface area contributed by atoms with Crippen LogP contribution in [-0.4, -0.2) is 0 Å². The second kappa shape index (κ2) is 3.54. The first-order valence-corrected chi connectivity index (χ1v) is 5.34. The van der Waals surface area contributed by atoms with Gasteiger partial charge in [-0.25, -0.2) is 0 Å². The van der Waals surface area contributed by atoms with E-state index < -0.39 is 0 Å². The van der Waals surface area contributed by atoms with Gasteiger partial charge < -0.3 is 10.2 Å². The highest BCUT2D eigenvalue weighted by Crippen LogP contribution is 2.34. The van der Waals surface area contributed by atoms with Gasteiger partial charge in [-0.3, -0.25) is 0 Å². The van der Waals surface area contributed by atoms with Crippen LogP contribution in [-0.2, 0) is 0 Å². The van der Waals surface area contributed by atoms with Crippen LogP contribution in [0.2, 0.25) is 5.02 Å². The fourth-order valence-corrected chi connectivity index (χ4v) is 2.16. The number of nitrogens with two attached hydrogens (primary N) is 1. The third kappa shape index (κ3) is 1.54. The van der Waals surface area contributed by atoms with Crippen molar-refractivity contribution >= 4 is 22.6 Å². The van der Waals surface area contributed by atoms with Crippen LogP contribution in [0.1, 0.15) is 29.9 Å². The molecule has 0 aliphatic carbocycles. The highest BCUT2D eigenvalue weighted by molar-refractivity contribution is 6.35. The molecule has 80 valence electrons. The molecule has 1 aromatic carbocycles. The standard InChI is InChI=1S/C12H14ClNO/c1-6-4-5-9(13)12-10(6)7(2)11(15-12)8(3)14/h4-5,8H,14H2,1-3H3. The molecule has 0 aliphatic rings. The first-order chi connectivity index (χ1) is 7.02. The molecule has 15 heavy (non-hydrogen) atoms. The zero-order valence-electron chi connectivity index (χ0n) is 9.10. The van der Waals surface area contributed by atoms with Crippen molar-refractivity contribution in [1.29, 1.82) is 0 Å². The summed E-state index contributed by atoms with van der Waals surface area (Å²) < 4.78 is 5.71. The smallest absolute Gasteiger partial charge is 0.153 e. The summed E-state index contributed by atoms with van der Waals surface area (Å²) in [5.41, 5.74) is 8.86. The van der Waals surface area contributed by atoms with Gasteiger partial charge in [0.15, 0.2) is 5.58 Å². The lowest BCUT2D eigenvalue weighted by Gasteiger charge is -2.00. The normalized spacial score (nSPS) is 13.4. The second-order valence-electron chi connectivity index (χ2n) is 3.95. The summed E-state index contributed by atoms with van der Waals surface area (Å²) in [6.45, 7) is 5.98. The Bertz CT molecular complexity index is 514. The zero-order valence-corrected chi connectivity index (χ0v) is 9.85. The third-order valence-corrected chi connectivity index (χ3v) is 2.99. The van der Waals surface area contributed by atoms with E-state index in [1.165, 1.54) is 5.56 Å². The maximum Gasteiger partial charge on any atom is 0.153 e. The number of halogens is 1. The molecule has 2 aromatic rings. The summed E-state index contributed by atoms with van der Waals surface area (Å²) in [7, 11) is 0. The molecular weight excluding hydrogens is 210 g/mol. The Kier molecular flexibility index (Phi) is 2.49. The van der Waals surface area contributed by atoms with Gasteiger partial charge in [0.1, 0.15) is 5.76 Å². The van der Waals surface area contributed by atoms with Crippen LogP contribution >= 0.6 is 11.6 Å². The van der Waals surface area contributed by atoms with E-state index in [2.05, 4.69) is 0 Å². The minimum atomic E-state index is -0.104. The molecule has 0 aliphatic heterocycles. The van der Waals surface area contributed by atoms with Crippen molar-refractivity contribution in [3.63, 3.8) is 0 Å². The van der Waals surface area contributed by atoms with Gasteiger partial charge in [0.2, 0.25) is 0 Å². The van der Waals surface area contributed by atoms with E-state index in [-0.39, 0.29) is 6.04 Å². The van der Waals surface area contributed by atoms with Gasteiger partial charge in [-0.1, -0.05) is 17.7 Å². The van der Waals surface area contributed by atoms with E-state index in [1.807, 2.05) is 32.9 Å². The van der Waals surface area contributed by atoms with Crippen molar-refractivity contribution in [2.24, 2.45) is 5.73 Å².